The molecule has 2 heterocycles. The Balaban J connectivity index is 1.62. The number of ether oxygens (including phenoxy) is 1. The number of benzene rings is 3. The second-order valence-corrected chi connectivity index (χ2v) is 10.4. The number of carbonyl (C=O) groups is 1. The largest absolute Gasteiger partial charge is 0.492 e. The molecular formula is C31H32ClN3O2. The number of fused-ring (bicyclic) bond motifs is 1. The summed E-state index contributed by atoms with van der Waals surface area (Å²) < 4.78 is 6.58. The van der Waals surface area contributed by atoms with Gasteiger partial charge in [0.2, 0.25) is 5.91 Å². The summed E-state index contributed by atoms with van der Waals surface area (Å²) in [6.45, 7) is 5.88. The number of nitrogens with zero attached hydrogens (tertiary/aromatic N) is 1. The molecule has 1 aliphatic rings. The third-order valence-corrected chi connectivity index (χ3v) is 7.34. The van der Waals surface area contributed by atoms with Crippen LogP contribution in [0.2, 0.25) is 5.02 Å². The van der Waals surface area contributed by atoms with E-state index >= 15 is 0 Å². The third kappa shape index (κ3) is 5.63. The second kappa shape index (κ2) is 10.9. The number of pyridine rings is 1. The molecular weight excluding hydrogens is 482 g/mol. The lowest BCUT2D eigenvalue weighted by atomic mass is 9.97. The van der Waals surface area contributed by atoms with Gasteiger partial charge in [-0.05, 0) is 75.0 Å². The lowest BCUT2D eigenvalue weighted by Crippen LogP contribution is -2.35. The Morgan fingerprint density at radius 2 is 1.86 bits per heavy atom. The van der Waals surface area contributed by atoms with E-state index in [1.807, 2.05) is 30.5 Å². The third-order valence-electron chi connectivity index (χ3n) is 7.02. The molecule has 3 aromatic carbocycles. The number of aryl methyl sites for hydroxylation is 2. The van der Waals surface area contributed by atoms with Crippen LogP contribution in [0.5, 0.6) is 5.75 Å². The Labute approximate surface area is 223 Å². The smallest absolute Gasteiger partial charge is 0.248 e. The maximum absolute atomic E-state index is 11.8. The first-order valence-corrected chi connectivity index (χ1v) is 13.2. The fourth-order valence-corrected chi connectivity index (χ4v) is 5.48. The minimum absolute atomic E-state index is 0.437. The van der Waals surface area contributed by atoms with Crippen molar-refractivity contribution in [1.29, 1.82) is 0 Å². The fraction of sp³-hybridized carbons (Fsp3) is 0.290. The number of hydrogen-bond donors (Lipinski definition) is 2. The molecule has 1 fully saturated rings. The Morgan fingerprint density at radius 3 is 2.59 bits per heavy atom. The van der Waals surface area contributed by atoms with Gasteiger partial charge in [-0.15, -0.1) is 0 Å². The zero-order valence-corrected chi connectivity index (χ0v) is 22.1. The molecule has 3 N–H and O–H groups in total. The van der Waals surface area contributed by atoms with Crippen molar-refractivity contribution in [3.05, 3.63) is 82.5 Å². The van der Waals surface area contributed by atoms with Gasteiger partial charge in [-0.3, -0.25) is 9.78 Å². The molecule has 0 saturated carbocycles. The van der Waals surface area contributed by atoms with Gasteiger partial charge >= 0.3 is 0 Å². The number of piperidine rings is 1. The molecule has 190 valence electrons. The van der Waals surface area contributed by atoms with Gasteiger partial charge in [0, 0.05) is 34.3 Å². The number of rotatable bonds is 7. The summed E-state index contributed by atoms with van der Waals surface area (Å²) in [7, 11) is 0. The van der Waals surface area contributed by atoms with E-state index in [4.69, 9.17) is 27.1 Å². The fourth-order valence-electron chi connectivity index (χ4n) is 5.22. The van der Waals surface area contributed by atoms with Crippen molar-refractivity contribution in [1.82, 2.24) is 10.3 Å². The van der Waals surface area contributed by atoms with Crippen LogP contribution in [0.25, 0.3) is 33.2 Å². The zero-order valence-electron chi connectivity index (χ0n) is 21.3. The molecule has 1 aliphatic heterocycles. The highest BCUT2D eigenvalue weighted by Crippen LogP contribution is 2.41. The van der Waals surface area contributed by atoms with E-state index in [-0.39, 0.29) is 0 Å². The van der Waals surface area contributed by atoms with Crippen molar-refractivity contribution >= 4 is 28.4 Å². The van der Waals surface area contributed by atoms with Crippen LogP contribution in [0.4, 0.5) is 0 Å². The first-order valence-electron chi connectivity index (χ1n) is 12.9. The average Bonchev–Trinajstić information content (AvgIpc) is 2.88. The Kier molecular flexibility index (Phi) is 7.45. The van der Waals surface area contributed by atoms with Gasteiger partial charge in [0.25, 0.3) is 0 Å². The highest BCUT2D eigenvalue weighted by Gasteiger charge is 2.18. The topological polar surface area (TPSA) is 77.2 Å². The summed E-state index contributed by atoms with van der Waals surface area (Å²) in [5, 5.41) is 5.05. The molecule has 6 heteroatoms. The summed E-state index contributed by atoms with van der Waals surface area (Å²) in [5.74, 6) is 0.327. The molecule has 1 aromatic heterocycles. The van der Waals surface area contributed by atoms with Crippen molar-refractivity contribution in [2.45, 2.75) is 45.6 Å². The van der Waals surface area contributed by atoms with Crippen LogP contribution in [0, 0.1) is 13.8 Å². The zero-order chi connectivity index (χ0) is 25.9. The second-order valence-electron chi connectivity index (χ2n) is 9.96. The molecule has 1 atom stereocenters. The quantitative estimate of drug-likeness (QED) is 0.283. The number of nitrogens with two attached hydrogens (primary N) is 1. The van der Waals surface area contributed by atoms with Crippen LogP contribution in [-0.2, 0) is 0 Å². The van der Waals surface area contributed by atoms with Gasteiger partial charge in [-0.1, -0.05) is 59.5 Å². The monoisotopic (exact) mass is 513 g/mol. The summed E-state index contributed by atoms with van der Waals surface area (Å²) in [6.07, 6.45) is 6.51. The minimum Gasteiger partial charge on any atom is -0.492 e. The molecule has 0 unspecified atom stereocenters. The van der Waals surface area contributed by atoms with Crippen LogP contribution < -0.4 is 15.8 Å². The first-order chi connectivity index (χ1) is 17.9. The van der Waals surface area contributed by atoms with Gasteiger partial charge < -0.3 is 15.8 Å². The van der Waals surface area contributed by atoms with Crippen LogP contribution in [0.3, 0.4) is 0 Å². The number of carbonyl (C=O) groups excluding carboxylic acids is 1. The van der Waals surface area contributed by atoms with E-state index in [1.54, 1.807) is 12.1 Å². The Hall–Kier alpha value is -3.41. The highest BCUT2D eigenvalue weighted by molar-refractivity contribution is 6.34. The molecule has 37 heavy (non-hydrogen) atoms. The van der Waals surface area contributed by atoms with E-state index in [2.05, 4.69) is 37.4 Å². The molecule has 0 aliphatic carbocycles. The molecule has 5 rings (SSSR count). The summed E-state index contributed by atoms with van der Waals surface area (Å²) in [4.78, 5) is 16.6. The van der Waals surface area contributed by atoms with Gasteiger partial charge in [0.1, 0.15) is 5.75 Å². The van der Waals surface area contributed by atoms with Gasteiger partial charge in [-0.2, -0.15) is 0 Å². The summed E-state index contributed by atoms with van der Waals surface area (Å²) in [6, 6.07) is 18.1. The van der Waals surface area contributed by atoms with Gasteiger partial charge in [-0.25, -0.2) is 0 Å². The Morgan fingerprint density at radius 1 is 1.05 bits per heavy atom. The SMILES string of the molecule is Cc1cc(C)cc(-c2cnc3cc(Cl)c(-c4cccc(C(N)=O)c4)cc3c2OCC[C@H]2CCCCN2)c1. The van der Waals surface area contributed by atoms with Crippen molar-refractivity contribution in [2.24, 2.45) is 5.73 Å². The van der Waals surface area contributed by atoms with Crippen LogP contribution >= 0.6 is 11.6 Å². The van der Waals surface area contributed by atoms with Crippen molar-refractivity contribution in [3.8, 4) is 28.0 Å². The lowest BCUT2D eigenvalue weighted by Gasteiger charge is -2.24. The van der Waals surface area contributed by atoms with E-state index in [0.29, 0.717) is 23.2 Å². The molecule has 0 radical (unpaired) electrons. The molecule has 0 spiro atoms. The van der Waals surface area contributed by atoms with Crippen LogP contribution in [0.15, 0.2) is 60.8 Å². The maximum atomic E-state index is 11.8. The summed E-state index contributed by atoms with van der Waals surface area (Å²) in [5.41, 5.74) is 12.8. The average molecular weight is 514 g/mol. The van der Waals surface area contributed by atoms with Gasteiger partial charge in [0.15, 0.2) is 0 Å². The van der Waals surface area contributed by atoms with Crippen molar-refractivity contribution in [2.75, 3.05) is 13.2 Å². The highest BCUT2D eigenvalue weighted by atomic mass is 35.5. The predicted octanol–water partition coefficient (Wildman–Crippen LogP) is 6.85. The Bertz CT molecular complexity index is 1440. The number of primary amides is 1. The molecule has 5 nitrogen and oxygen atoms in total. The minimum atomic E-state index is -0.474. The molecule has 1 saturated heterocycles. The number of halogens is 1. The number of hydrogen-bond acceptors (Lipinski definition) is 4. The van der Waals surface area contributed by atoms with Crippen LogP contribution in [0.1, 0.15) is 47.2 Å². The van der Waals surface area contributed by atoms with Crippen molar-refractivity contribution in [3.63, 3.8) is 0 Å². The maximum Gasteiger partial charge on any atom is 0.248 e. The normalized spacial score (nSPS) is 15.6. The first kappa shape index (κ1) is 25.2. The molecule has 0 bridgehead atoms. The predicted molar refractivity (Wildman–Crippen MR) is 151 cm³/mol. The van der Waals surface area contributed by atoms with E-state index < -0.39 is 5.91 Å². The lowest BCUT2D eigenvalue weighted by molar-refractivity contribution is 0.100. The van der Waals surface area contributed by atoms with E-state index in [1.165, 1.54) is 30.4 Å². The standard InChI is InChI=1S/C31H32ClN3O2/c1-19-12-20(2)14-23(13-19)27-18-35-29-17-28(32)25(21-6-5-7-22(15-21)31(33)36)16-26(29)30(27)37-11-9-24-8-3-4-10-34-24/h5-7,12-18,24,34H,3-4,8-11H2,1-2H3,(H2,33,36)/t24-/m1/s1. The van der Waals surface area contributed by atoms with Gasteiger partial charge in [0.05, 0.1) is 17.1 Å². The summed E-state index contributed by atoms with van der Waals surface area (Å²) >= 11 is 6.72. The molecule has 4 aromatic rings. The van der Waals surface area contributed by atoms with E-state index in [9.17, 15) is 4.79 Å². The number of nitrogens with one attached hydrogen (secondary N) is 1. The van der Waals surface area contributed by atoms with E-state index in [0.717, 1.165) is 51.9 Å². The number of amides is 1. The van der Waals surface area contributed by atoms with Crippen molar-refractivity contribution < 1.29 is 9.53 Å². The number of aromatic nitrogens is 1. The van der Waals surface area contributed by atoms with Crippen LogP contribution in [-0.4, -0.2) is 30.1 Å². The molecule has 1 amide bonds.